The van der Waals surface area contributed by atoms with E-state index in [4.69, 9.17) is 0 Å². The topological polar surface area (TPSA) is 69.7 Å². The summed E-state index contributed by atoms with van der Waals surface area (Å²) in [5, 5.41) is 0. The first-order chi connectivity index (χ1) is 15.3. The van der Waals surface area contributed by atoms with Crippen molar-refractivity contribution in [3.63, 3.8) is 0 Å². The number of hydrogen-bond donors (Lipinski definition) is 1. The van der Waals surface area contributed by atoms with Crippen LogP contribution in [-0.4, -0.2) is 55.8 Å². The monoisotopic (exact) mass is 457 g/mol. The van der Waals surface area contributed by atoms with E-state index in [9.17, 15) is 13.2 Å². The van der Waals surface area contributed by atoms with E-state index in [1.165, 1.54) is 17.7 Å². The molecule has 6 nitrogen and oxygen atoms in total. The van der Waals surface area contributed by atoms with Crippen molar-refractivity contribution in [2.75, 3.05) is 19.6 Å². The van der Waals surface area contributed by atoms with Gasteiger partial charge in [0.25, 0.3) is 5.91 Å². The van der Waals surface area contributed by atoms with Crippen LogP contribution < -0.4 is 4.72 Å². The van der Waals surface area contributed by atoms with Gasteiger partial charge in [0.05, 0.1) is 4.90 Å². The van der Waals surface area contributed by atoms with Crippen molar-refractivity contribution in [3.8, 4) is 0 Å². The number of hydrogen-bond acceptors (Lipinski definition) is 4. The number of likely N-dealkylation sites (tertiary alicyclic amines) is 1. The highest BCUT2D eigenvalue weighted by atomic mass is 32.2. The summed E-state index contributed by atoms with van der Waals surface area (Å²) >= 11 is 0. The van der Waals surface area contributed by atoms with E-state index in [0.29, 0.717) is 24.6 Å². The fourth-order valence-corrected chi connectivity index (χ4v) is 5.57. The van der Waals surface area contributed by atoms with Crippen LogP contribution in [-0.2, 0) is 10.0 Å². The second kappa shape index (κ2) is 10.6. The van der Waals surface area contributed by atoms with E-state index in [-0.39, 0.29) is 22.9 Å². The molecule has 1 aliphatic heterocycles. The van der Waals surface area contributed by atoms with E-state index < -0.39 is 10.0 Å². The third-order valence-electron chi connectivity index (χ3n) is 6.45. The Bertz CT molecular complexity index is 993. The van der Waals surface area contributed by atoms with Crippen LogP contribution in [0.2, 0.25) is 0 Å². The van der Waals surface area contributed by atoms with Crippen molar-refractivity contribution in [3.05, 3.63) is 65.7 Å². The number of rotatable bonds is 9. The molecule has 1 saturated heterocycles. The van der Waals surface area contributed by atoms with Gasteiger partial charge in [-0.25, -0.2) is 13.1 Å². The number of likely N-dealkylation sites (N-methyl/N-ethyl adjacent to an activating group) is 1. The lowest BCUT2D eigenvalue weighted by atomic mass is 10.1. The second-order valence-electron chi connectivity index (χ2n) is 8.57. The molecule has 1 fully saturated rings. The first-order valence-electron chi connectivity index (χ1n) is 11.5. The van der Waals surface area contributed by atoms with E-state index in [1.807, 2.05) is 31.7 Å². The van der Waals surface area contributed by atoms with Crippen LogP contribution in [0, 0.1) is 0 Å². The summed E-state index contributed by atoms with van der Waals surface area (Å²) < 4.78 is 27.6. The van der Waals surface area contributed by atoms with Crippen LogP contribution in [0.5, 0.6) is 0 Å². The zero-order valence-electron chi connectivity index (χ0n) is 19.5. The summed E-state index contributed by atoms with van der Waals surface area (Å²) in [7, 11) is -3.58. The van der Waals surface area contributed by atoms with Gasteiger partial charge in [-0.05, 0) is 63.4 Å². The quantitative estimate of drug-likeness (QED) is 0.616. The maximum atomic E-state index is 13.2. The number of nitrogens with one attached hydrogen (secondary N) is 1. The molecule has 3 atom stereocenters. The van der Waals surface area contributed by atoms with Gasteiger partial charge in [0, 0.05) is 43.3 Å². The summed E-state index contributed by atoms with van der Waals surface area (Å²) in [5.74, 6) is -0.0504. The van der Waals surface area contributed by atoms with E-state index in [2.05, 4.69) is 40.8 Å². The molecular formula is C25H35N3O3S. The lowest BCUT2D eigenvalue weighted by molar-refractivity contribution is 0.0689. The maximum absolute atomic E-state index is 13.2. The first kappa shape index (κ1) is 24.4. The summed E-state index contributed by atoms with van der Waals surface area (Å²) in [6.45, 7) is 10.4. The molecule has 0 saturated carbocycles. The Balaban J connectivity index is 1.68. The fraction of sp³-hybridized carbons (Fsp3) is 0.480. The lowest BCUT2D eigenvalue weighted by Crippen LogP contribution is -2.42. The number of carbonyl (C=O) groups excluding carboxylic acids is 1. The highest BCUT2D eigenvalue weighted by Gasteiger charge is 2.32. The van der Waals surface area contributed by atoms with Crippen LogP contribution in [0.1, 0.15) is 62.5 Å². The minimum Gasteiger partial charge on any atom is -0.335 e. The molecule has 1 amide bonds. The Morgan fingerprint density at radius 1 is 1.09 bits per heavy atom. The average molecular weight is 458 g/mol. The molecule has 2 aromatic carbocycles. The molecule has 1 aliphatic rings. The number of benzene rings is 2. The molecule has 3 rings (SSSR count). The maximum Gasteiger partial charge on any atom is 0.254 e. The van der Waals surface area contributed by atoms with Crippen LogP contribution in [0.15, 0.2) is 59.5 Å². The predicted molar refractivity (Wildman–Crippen MR) is 128 cm³/mol. The number of carbonyl (C=O) groups is 1. The van der Waals surface area contributed by atoms with Gasteiger partial charge in [-0.2, -0.15) is 0 Å². The fourth-order valence-electron chi connectivity index (χ4n) is 4.24. The number of amides is 1. The summed E-state index contributed by atoms with van der Waals surface area (Å²) in [5.41, 5.74) is 1.80. The molecule has 2 aromatic rings. The molecule has 0 spiro atoms. The van der Waals surface area contributed by atoms with Crippen molar-refractivity contribution < 1.29 is 13.2 Å². The minimum absolute atomic E-state index is 0.0504. The van der Waals surface area contributed by atoms with Crippen LogP contribution >= 0.6 is 0 Å². The Labute approximate surface area is 192 Å². The highest BCUT2D eigenvalue weighted by Crippen LogP contribution is 2.27. The lowest BCUT2D eigenvalue weighted by Gasteiger charge is -2.30. The van der Waals surface area contributed by atoms with E-state index in [1.54, 1.807) is 12.1 Å². The van der Waals surface area contributed by atoms with Gasteiger partial charge in [-0.1, -0.05) is 37.3 Å². The van der Waals surface area contributed by atoms with Crippen LogP contribution in [0.4, 0.5) is 0 Å². The SMILES string of the molecule is CC[C@H](C)NS(=O)(=O)c1ccc(C(=O)N(CC)[C@@H]2CCN([C@H](C)c3ccccc3)C2)cc1. The van der Waals surface area contributed by atoms with Gasteiger partial charge in [-0.3, -0.25) is 9.69 Å². The molecular weight excluding hydrogens is 422 g/mol. The van der Waals surface area contributed by atoms with Crippen molar-refractivity contribution in [1.29, 1.82) is 0 Å². The smallest absolute Gasteiger partial charge is 0.254 e. The van der Waals surface area contributed by atoms with Gasteiger partial charge in [0.15, 0.2) is 0 Å². The van der Waals surface area contributed by atoms with Crippen molar-refractivity contribution in [1.82, 2.24) is 14.5 Å². The Hall–Kier alpha value is -2.22. The molecule has 0 aromatic heterocycles. The third-order valence-corrected chi connectivity index (χ3v) is 8.05. The van der Waals surface area contributed by atoms with Crippen LogP contribution in [0.25, 0.3) is 0 Å². The molecule has 0 bridgehead atoms. The van der Waals surface area contributed by atoms with E-state index >= 15 is 0 Å². The van der Waals surface area contributed by atoms with E-state index in [0.717, 1.165) is 19.5 Å². The summed E-state index contributed by atoms with van der Waals surface area (Å²) in [6, 6.07) is 17.0. The Kier molecular flexibility index (Phi) is 8.09. The van der Waals surface area contributed by atoms with Gasteiger partial charge in [0.2, 0.25) is 10.0 Å². The zero-order chi connectivity index (χ0) is 23.3. The van der Waals surface area contributed by atoms with Crippen molar-refractivity contribution >= 4 is 15.9 Å². The predicted octanol–water partition coefficient (Wildman–Crippen LogP) is 4.06. The highest BCUT2D eigenvalue weighted by molar-refractivity contribution is 7.89. The summed E-state index contributed by atoms with van der Waals surface area (Å²) in [4.78, 5) is 17.8. The minimum atomic E-state index is -3.58. The third kappa shape index (κ3) is 5.57. The van der Waals surface area contributed by atoms with Crippen molar-refractivity contribution in [2.24, 2.45) is 0 Å². The largest absolute Gasteiger partial charge is 0.335 e. The van der Waals surface area contributed by atoms with Crippen LogP contribution in [0.3, 0.4) is 0 Å². The average Bonchev–Trinajstić information content (AvgIpc) is 3.29. The van der Waals surface area contributed by atoms with Gasteiger partial charge >= 0.3 is 0 Å². The first-order valence-corrected chi connectivity index (χ1v) is 13.0. The number of sulfonamides is 1. The molecule has 7 heteroatoms. The molecule has 0 aliphatic carbocycles. The molecule has 32 heavy (non-hydrogen) atoms. The second-order valence-corrected chi connectivity index (χ2v) is 10.3. The molecule has 174 valence electrons. The molecule has 1 N–H and O–H groups in total. The zero-order valence-corrected chi connectivity index (χ0v) is 20.3. The Morgan fingerprint density at radius 2 is 1.75 bits per heavy atom. The number of nitrogens with zero attached hydrogens (tertiary/aromatic N) is 2. The van der Waals surface area contributed by atoms with Gasteiger partial charge in [0.1, 0.15) is 0 Å². The van der Waals surface area contributed by atoms with Gasteiger partial charge < -0.3 is 4.90 Å². The molecule has 0 unspecified atom stereocenters. The Morgan fingerprint density at radius 3 is 2.34 bits per heavy atom. The normalized spacial score (nSPS) is 18.9. The summed E-state index contributed by atoms with van der Waals surface area (Å²) in [6.07, 6.45) is 1.64. The van der Waals surface area contributed by atoms with Gasteiger partial charge in [-0.15, -0.1) is 0 Å². The molecule has 0 radical (unpaired) electrons. The standard InChI is InChI=1S/C25H35N3O3S/c1-5-19(3)26-32(30,31)24-14-12-22(13-15-24)25(29)28(6-2)23-16-17-27(18-23)20(4)21-10-8-7-9-11-21/h7-15,19-20,23,26H,5-6,16-18H2,1-4H3/t19-,20+,23+/m0/s1. The molecule has 1 heterocycles. The van der Waals surface area contributed by atoms with Crippen molar-refractivity contribution in [2.45, 2.75) is 63.6 Å².